The molecule has 134 valence electrons. The van der Waals surface area contributed by atoms with Crippen LogP contribution in [0.5, 0.6) is 11.5 Å². The molecule has 6 nitrogen and oxygen atoms in total. The van der Waals surface area contributed by atoms with Gasteiger partial charge >= 0.3 is 5.97 Å². The lowest BCUT2D eigenvalue weighted by molar-refractivity contribution is 0.0697. The van der Waals surface area contributed by atoms with Crippen LogP contribution >= 0.6 is 0 Å². The third-order valence-corrected chi connectivity index (χ3v) is 4.82. The predicted octanol–water partition coefficient (Wildman–Crippen LogP) is 4.05. The number of imidazole rings is 1. The maximum Gasteiger partial charge on any atom is 0.335 e. The number of rotatable bonds is 5. The van der Waals surface area contributed by atoms with Crippen LogP contribution in [0.4, 0.5) is 0 Å². The Morgan fingerprint density at radius 2 is 1.96 bits per heavy atom. The van der Waals surface area contributed by atoms with E-state index in [9.17, 15) is 4.79 Å². The highest BCUT2D eigenvalue weighted by atomic mass is 16.5. The van der Waals surface area contributed by atoms with Crippen LogP contribution in [-0.2, 0) is 0 Å². The van der Waals surface area contributed by atoms with Crippen molar-refractivity contribution >= 4 is 17.0 Å². The summed E-state index contributed by atoms with van der Waals surface area (Å²) < 4.78 is 13.5. The van der Waals surface area contributed by atoms with Crippen LogP contribution in [-0.4, -0.2) is 33.8 Å². The first-order chi connectivity index (χ1) is 12.7. The number of methoxy groups -OCH3 is 1. The van der Waals surface area contributed by atoms with Crippen molar-refractivity contribution in [2.24, 2.45) is 0 Å². The van der Waals surface area contributed by atoms with Gasteiger partial charge in [0.2, 0.25) is 0 Å². The van der Waals surface area contributed by atoms with E-state index in [0.717, 1.165) is 29.8 Å². The second-order valence-electron chi connectivity index (χ2n) is 6.48. The summed E-state index contributed by atoms with van der Waals surface area (Å²) in [5.74, 6) is 0.470. The third kappa shape index (κ3) is 2.98. The van der Waals surface area contributed by atoms with Crippen molar-refractivity contribution in [3.63, 3.8) is 0 Å². The molecule has 0 spiro atoms. The molecule has 1 fully saturated rings. The molecule has 0 saturated heterocycles. The summed E-state index contributed by atoms with van der Waals surface area (Å²) in [6, 6.07) is 10.7. The number of carboxylic acids is 1. The quantitative estimate of drug-likeness (QED) is 0.750. The Morgan fingerprint density at radius 3 is 2.69 bits per heavy atom. The molecule has 1 N–H and O–H groups in total. The molecule has 1 aliphatic rings. The van der Waals surface area contributed by atoms with Crippen LogP contribution in [0.3, 0.4) is 0 Å². The maximum absolute atomic E-state index is 11.1. The summed E-state index contributed by atoms with van der Waals surface area (Å²) in [4.78, 5) is 15.5. The van der Waals surface area contributed by atoms with Crippen molar-refractivity contribution in [2.75, 3.05) is 7.11 Å². The number of fused-ring (bicyclic) bond motifs is 1. The van der Waals surface area contributed by atoms with Gasteiger partial charge in [-0.1, -0.05) is 0 Å². The van der Waals surface area contributed by atoms with Gasteiger partial charge < -0.3 is 14.6 Å². The second-order valence-corrected chi connectivity index (χ2v) is 6.48. The summed E-state index contributed by atoms with van der Waals surface area (Å²) >= 11 is 0. The number of carboxylic acid groups (broad SMARTS) is 1. The number of hydrogen-bond acceptors (Lipinski definition) is 4. The van der Waals surface area contributed by atoms with Gasteiger partial charge in [0.15, 0.2) is 11.5 Å². The highest BCUT2D eigenvalue weighted by Crippen LogP contribution is 2.34. The molecule has 1 aromatic heterocycles. The van der Waals surface area contributed by atoms with Gasteiger partial charge in [-0.3, -0.25) is 4.57 Å². The van der Waals surface area contributed by atoms with E-state index in [-0.39, 0.29) is 11.7 Å². The molecule has 1 aliphatic carbocycles. The first-order valence-electron chi connectivity index (χ1n) is 8.71. The van der Waals surface area contributed by atoms with Crippen molar-refractivity contribution in [3.8, 4) is 17.2 Å². The highest BCUT2D eigenvalue weighted by molar-refractivity contribution is 5.92. The fourth-order valence-electron chi connectivity index (χ4n) is 3.44. The Hall–Kier alpha value is -3.02. The number of carbonyl (C=O) groups is 1. The van der Waals surface area contributed by atoms with E-state index < -0.39 is 5.97 Å². The average Bonchev–Trinajstić information content (AvgIpc) is 3.30. The molecule has 0 radical (unpaired) electrons. The molecule has 1 saturated carbocycles. The predicted molar refractivity (Wildman–Crippen MR) is 97.5 cm³/mol. The molecule has 6 heteroatoms. The molecule has 2 aromatic carbocycles. The first kappa shape index (κ1) is 16.4. The van der Waals surface area contributed by atoms with E-state index in [2.05, 4.69) is 4.98 Å². The van der Waals surface area contributed by atoms with Gasteiger partial charge in [0.25, 0.3) is 0 Å². The number of ether oxygens (including phenoxy) is 2. The third-order valence-electron chi connectivity index (χ3n) is 4.82. The Labute approximate surface area is 151 Å². The zero-order chi connectivity index (χ0) is 18.1. The zero-order valence-electron chi connectivity index (χ0n) is 14.5. The van der Waals surface area contributed by atoms with Gasteiger partial charge in [-0.15, -0.1) is 0 Å². The monoisotopic (exact) mass is 352 g/mol. The normalized spacial score (nSPS) is 14.7. The highest BCUT2D eigenvalue weighted by Gasteiger charge is 2.19. The van der Waals surface area contributed by atoms with Crippen LogP contribution < -0.4 is 9.47 Å². The molecule has 4 rings (SSSR count). The Balaban J connectivity index is 1.73. The topological polar surface area (TPSA) is 73.6 Å². The number of aromatic carboxylic acids is 1. The zero-order valence-corrected chi connectivity index (χ0v) is 14.5. The van der Waals surface area contributed by atoms with Crippen molar-refractivity contribution in [1.29, 1.82) is 0 Å². The minimum Gasteiger partial charge on any atom is -0.493 e. The minimum atomic E-state index is -0.960. The minimum absolute atomic E-state index is 0.225. The molecular formula is C20H20N2O4. The van der Waals surface area contributed by atoms with Crippen molar-refractivity contribution in [2.45, 2.75) is 31.8 Å². The van der Waals surface area contributed by atoms with Gasteiger partial charge in [-0.2, -0.15) is 0 Å². The fourth-order valence-corrected chi connectivity index (χ4v) is 3.44. The van der Waals surface area contributed by atoms with Crippen LogP contribution in [0.15, 0.2) is 42.7 Å². The lowest BCUT2D eigenvalue weighted by atomic mass is 10.2. The van der Waals surface area contributed by atoms with Gasteiger partial charge in [0.1, 0.15) is 6.33 Å². The summed E-state index contributed by atoms with van der Waals surface area (Å²) in [6.07, 6.45) is 6.46. The largest absolute Gasteiger partial charge is 0.493 e. The maximum atomic E-state index is 11.1. The molecule has 0 atom stereocenters. The Bertz CT molecular complexity index is 958. The molecule has 26 heavy (non-hydrogen) atoms. The lowest BCUT2D eigenvalue weighted by Crippen LogP contribution is -2.11. The van der Waals surface area contributed by atoms with E-state index in [1.54, 1.807) is 31.6 Å². The van der Waals surface area contributed by atoms with Crippen LogP contribution in [0.2, 0.25) is 0 Å². The first-order valence-corrected chi connectivity index (χ1v) is 8.71. The second kappa shape index (κ2) is 6.71. The molecule has 0 unspecified atom stereocenters. The number of benzene rings is 2. The summed E-state index contributed by atoms with van der Waals surface area (Å²) in [6.45, 7) is 0. The summed E-state index contributed by atoms with van der Waals surface area (Å²) in [7, 11) is 1.64. The summed E-state index contributed by atoms with van der Waals surface area (Å²) in [5, 5.41) is 9.13. The SMILES string of the molecule is COc1ccc(-n2cnc3cc(C(=O)O)ccc32)cc1OC1CCCC1. The van der Waals surface area contributed by atoms with Crippen molar-refractivity contribution in [3.05, 3.63) is 48.3 Å². The standard InChI is InChI=1S/C20H20N2O4/c1-25-18-9-7-14(11-19(18)26-15-4-2-3-5-15)22-12-21-16-10-13(20(23)24)6-8-17(16)22/h6-12,15H,2-5H2,1H3,(H,23,24). The van der Waals surface area contributed by atoms with E-state index in [1.165, 1.54) is 12.8 Å². The van der Waals surface area contributed by atoms with E-state index in [0.29, 0.717) is 11.3 Å². The van der Waals surface area contributed by atoms with Gasteiger partial charge in [0, 0.05) is 6.07 Å². The van der Waals surface area contributed by atoms with Crippen molar-refractivity contribution in [1.82, 2.24) is 9.55 Å². The number of hydrogen-bond donors (Lipinski definition) is 1. The molecule has 3 aromatic rings. The summed E-state index contributed by atoms with van der Waals surface area (Å²) in [5.41, 5.74) is 2.60. The van der Waals surface area contributed by atoms with E-state index in [4.69, 9.17) is 14.6 Å². The number of nitrogens with zero attached hydrogens (tertiary/aromatic N) is 2. The van der Waals surface area contributed by atoms with Crippen molar-refractivity contribution < 1.29 is 19.4 Å². The average molecular weight is 352 g/mol. The molecule has 0 bridgehead atoms. The van der Waals surface area contributed by atoms with Crippen LogP contribution in [0.25, 0.3) is 16.7 Å². The smallest absolute Gasteiger partial charge is 0.335 e. The van der Waals surface area contributed by atoms with Gasteiger partial charge in [-0.25, -0.2) is 9.78 Å². The van der Waals surface area contributed by atoms with Crippen LogP contribution in [0, 0.1) is 0 Å². The van der Waals surface area contributed by atoms with E-state index >= 15 is 0 Å². The molecular weight excluding hydrogens is 332 g/mol. The Morgan fingerprint density at radius 1 is 1.15 bits per heavy atom. The lowest BCUT2D eigenvalue weighted by Gasteiger charge is -2.17. The molecule has 1 heterocycles. The molecule has 0 amide bonds. The van der Waals surface area contributed by atoms with Crippen LogP contribution in [0.1, 0.15) is 36.0 Å². The van der Waals surface area contributed by atoms with Gasteiger partial charge in [-0.05, 0) is 56.0 Å². The Kier molecular flexibility index (Phi) is 4.24. The molecule has 0 aliphatic heterocycles. The number of aromatic nitrogens is 2. The van der Waals surface area contributed by atoms with Gasteiger partial charge in [0.05, 0.1) is 35.5 Å². The van der Waals surface area contributed by atoms with E-state index in [1.807, 2.05) is 22.8 Å². The fraction of sp³-hybridized carbons (Fsp3) is 0.300.